The summed E-state index contributed by atoms with van der Waals surface area (Å²) in [7, 11) is -0.974. The Bertz CT molecular complexity index is 1070. The topological polar surface area (TPSA) is 90.7 Å². The van der Waals surface area contributed by atoms with Crippen LogP contribution in [0.5, 0.6) is 11.5 Å². The van der Waals surface area contributed by atoms with Gasteiger partial charge in [0.1, 0.15) is 16.4 Å². The Morgan fingerprint density at radius 3 is 2.44 bits per heavy atom. The number of aromatic nitrogens is 1. The van der Waals surface area contributed by atoms with Crippen molar-refractivity contribution in [1.29, 1.82) is 0 Å². The third kappa shape index (κ3) is 3.75. The van der Waals surface area contributed by atoms with Crippen LogP contribution in [0.4, 0.5) is 5.69 Å². The van der Waals surface area contributed by atoms with Crippen molar-refractivity contribution < 1.29 is 22.4 Å². The predicted octanol–water partition coefficient (Wildman–Crippen LogP) is 3.78. The lowest BCUT2D eigenvalue weighted by molar-refractivity contribution is 0.402. The van der Waals surface area contributed by atoms with E-state index in [0.717, 1.165) is 11.3 Å². The molecule has 0 unspecified atom stereocenters. The number of nitrogens with zero attached hydrogens (tertiary/aromatic N) is 1. The summed E-state index contributed by atoms with van der Waals surface area (Å²) in [4.78, 5) is -0.00114. The molecule has 0 aliphatic carbocycles. The molecule has 1 heterocycles. The lowest BCUT2D eigenvalue weighted by Crippen LogP contribution is -2.14. The summed E-state index contributed by atoms with van der Waals surface area (Å²) in [5.74, 6) is 1.29. The molecule has 0 spiro atoms. The fourth-order valence-corrected chi connectivity index (χ4v) is 3.85. The van der Waals surface area contributed by atoms with Gasteiger partial charge in [-0.25, -0.2) is 8.42 Å². The molecule has 3 aromatic rings. The summed E-state index contributed by atoms with van der Waals surface area (Å²) in [6, 6.07) is 11.5. The largest absolute Gasteiger partial charge is 0.497 e. The first-order valence-electron chi connectivity index (χ1n) is 8.14. The maximum Gasteiger partial charge on any atom is 0.265 e. The number of rotatable bonds is 6. The minimum absolute atomic E-state index is 0.00114. The average molecular weight is 388 g/mol. The van der Waals surface area contributed by atoms with Gasteiger partial charge >= 0.3 is 0 Å². The maximum absolute atomic E-state index is 13.0. The molecule has 1 N–H and O–H groups in total. The smallest absolute Gasteiger partial charge is 0.265 e. The van der Waals surface area contributed by atoms with Gasteiger partial charge in [-0.05, 0) is 44.2 Å². The van der Waals surface area contributed by atoms with Crippen LogP contribution in [0.15, 0.2) is 51.9 Å². The number of sulfonamides is 1. The summed E-state index contributed by atoms with van der Waals surface area (Å²) in [6.45, 7) is 3.70. The third-order valence-corrected chi connectivity index (χ3v) is 5.60. The van der Waals surface area contributed by atoms with Crippen LogP contribution in [-0.4, -0.2) is 27.8 Å². The molecule has 1 aromatic heterocycles. The van der Waals surface area contributed by atoms with Crippen molar-refractivity contribution >= 4 is 15.7 Å². The molecule has 0 aliphatic heterocycles. The number of ether oxygens (including phenoxy) is 2. The second-order valence-corrected chi connectivity index (χ2v) is 7.58. The van der Waals surface area contributed by atoms with Gasteiger partial charge in [0.2, 0.25) is 0 Å². The lowest BCUT2D eigenvalue weighted by Gasteiger charge is -2.13. The minimum Gasteiger partial charge on any atom is -0.497 e. The van der Waals surface area contributed by atoms with Gasteiger partial charge in [0.25, 0.3) is 10.0 Å². The summed E-state index contributed by atoms with van der Waals surface area (Å²) in [6.07, 6.45) is 0. The fourth-order valence-electron chi connectivity index (χ4n) is 2.61. The molecular formula is C19H20N2O5S. The number of hydrogen-bond donors (Lipinski definition) is 1. The highest BCUT2D eigenvalue weighted by Gasteiger charge is 2.22. The first kappa shape index (κ1) is 18.8. The number of methoxy groups -OCH3 is 2. The van der Waals surface area contributed by atoms with Gasteiger partial charge in [-0.1, -0.05) is 11.2 Å². The molecular weight excluding hydrogens is 368 g/mol. The third-order valence-electron chi connectivity index (χ3n) is 4.19. The normalized spacial score (nSPS) is 11.3. The molecule has 0 fully saturated rings. The second-order valence-electron chi connectivity index (χ2n) is 5.93. The van der Waals surface area contributed by atoms with Gasteiger partial charge in [-0.2, -0.15) is 0 Å². The Morgan fingerprint density at radius 2 is 1.81 bits per heavy atom. The number of anilines is 1. The van der Waals surface area contributed by atoms with Crippen LogP contribution in [0, 0.1) is 13.8 Å². The standard InChI is InChI=1S/C19H20N2O5S/c1-12-13(2)20-26-19(12)14-8-9-17(25-4)18(10-14)27(22,23)21-15-6-5-7-16(11-15)24-3/h5-11,21H,1-4H3. The number of aryl methyl sites for hydroxylation is 1. The Kier molecular flexibility index (Phi) is 5.09. The van der Waals surface area contributed by atoms with E-state index >= 15 is 0 Å². The zero-order valence-corrected chi connectivity index (χ0v) is 16.3. The molecule has 27 heavy (non-hydrogen) atoms. The average Bonchev–Trinajstić information content (AvgIpc) is 3.00. The quantitative estimate of drug-likeness (QED) is 0.691. The van der Waals surface area contributed by atoms with Crippen LogP contribution in [0.25, 0.3) is 11.3 Å². The van der Waals surface area contributed by atoms with Crippen molar-refractivity contribution in [2.24, 2.45) is 0 Å². The SMILES string of the molecule is COc1cccc(NS(=O)(=O)c2cc(-c3onc(C)c3C)ccc2OC)c1. The van der Waals surface area contributed by atoms with E-state index in [-0.39, 0.29) is 10.6 Å². The van der Waals surface area contributed by atoms with E-state index < -0.39 is 10.0 Å². The van der Waals surface area contributed by atoms with E-state index in [1.54, 1.807) is 36.4 Å². The molecule has 2 aromatic carbocycles. The molecule has 0 bridgehead atoms. The number of nitrogens with one attached hydrogen (secondary N) is 1. The Hall–Kier alpha value is -3.00. The van der Waals surface area contributed by atoms with E-state index in [1.165, 1.54) is 20.3 Å². The van der Waals surface area contributed by atoms with Crippen molar-refractivity contribution in [1.82, 2.24) is 5.16 Å². The van der Waals surface area contributed by atoms with E-state index in [0.29, 0.717) is 22.8 Å². The monoisotopic (exact) mass is 388 g/mol. The molecule has 0 saturated carbocycles. The molecule has 3 rings (SSSR count). The Morgan fingerprint density at radius 1 is 1.04 bits per heavy atom. The molecule has 0 amide bonds. The molecule has 7 nitrogen and oxygen atoms in total. The first-order chi connectivity index (χ1) is 12.9. The predicted molar refractivity (Wildman–Crippen MR) is 102 cm³/mol. The zero-order valence-electron chi connectivity index (χ0n) is 15.4. The van der Waals surface area contributed by atoms with Gasteiger partial charge in [-0.15, -0.1) is 0 Å². The summed E-state index contributed by atoms with van der Waals surface area (Å²) >= 11 is 0. The van der Waals surface area contributed by atoms with E-state index in [1.807, 2.05) is 13.8 Å². The van der Waals surface area contributed by atoms with Crippen LogP contribution in [0.2, 0.25) is 0 Å². The van der Waals surface area contributed by atoms with Crippen LogP contribution >= 0.6 is 0 Å². The van der Waals surface area contributed by atoms with Gasteiger partial charge in [0.15, 0.2) is 5.76 Å². The molecule has 0 saturated heterocycles. The highest BCUT2D eigenvalue weighted by molar-refractivity contribution is 7.92. The van der Waals surface area contributed by atoms with E-state index in [4.69, 9.17) is 14.0 Å². The summed E-state index contributed by atoms with van der Waals surface area (Å²) < 4.78 is 44.2. The Balaban J connectivity index is 2.05. The summed E-state index contributed by atoms with van der Waals surface area (Å²) in [5, 5.41) is 3.93. The molecule has 8 heteroatoms. The van der Waals surface area contributed by atoms with Crippen molar-refractivity contribution in [2.75, 3.05) is 18.9 Å². The van der Waals surface area contributed by atoms with Crippen molar-refractivity contribution in [3.8, 4) is 22.8 Å². The first-order valence-corrected chi connectivity index (χ1v) is 9.62. The van der Waals surface area contributed by atoms with Crippen LogP contribution in [-0.2, 0) is 10.0 Å². The van der Waals surface area contributed by atoms with Crippen molar-refractivity contribution in [3.05, 3.63) is 53.7 Å². The van der Waals surface area contributed by atoms with E-state index in [2.05, 4.69) is 9.88 Å². The fraction of sp³-hybridized carbons (Fsp3) is 0.211. The zero-order chi connectivity index (χ0) is 19.6. The minimum atomic E-state index is -3.91. The van der Waals surface area contributed by atoms with Gasteiger partial charge in [0, 0.05) is 17.2 Å². The summed E-state index contributed by atoms with van der Waals surface area (Å²) in [5.41, 5.74) is 2.58. The molecule has 142 valence electrons. The highest BCUT2D eigenvalue weighted by atomic mass is 32.2. The van der Waals surface area contributed by atoms with Crippen LogP contribution < -0.4 is 14.2 Å². The molecule has 0 atom stereocenters. The highest BCUT2D eigenvalue weighted by Crippen LogP contribution is 2.33. The van der Waals surface area contributed by atoms with Gasteiger partial charge in [-0.3, -0.25) is 4.72 Å². The van der Waals surface area contributed by atoms with Gasteiger partial charge < -0.3 is 14.0 Å². The molecule has 0 aliphatic rings. The van der Waals surface area contributed by atoms with Crippen LogP contribution in [0.1, 0.15) is 11.3 Å². The van der Waals surface area contributed by atoms with Gasteiger partial charge in [0.05, 0.1) is 25.6 Å². The van der Waals surface area contributed by atoms with E-state index in [9.17, 15) is 8.42 Å². The second kappa shape index (κ2) is 7.32. The van der Waals surface area contributed by atoms with Crippen LogP contribution in [0.3, 0.4) is 0 Å². The maximum atomic E-state index is 13.0. The molecule has 0 radical (unpaired) electrons. The van der Waals surface area contributed by atoms with Crippen molar-refractivity contribution in [2.45, 2.75) is 18.7 Å². The number of hydrogen-bond acceptors (Lipinski definition) is 6. The Labute approximate surface area is 158 Å². The van der Waals surface area contributed by atoms with Crippen molar-refractivity contribution in [3.63, 3.8) is 0 Å². The lowest BCUT2D eigenvalue weighted by atomic mass is 10.1. The number of benzene rings is 2.